The van der Waals surface area contributed by atoms with Gasteiger partial charge in [-0.05, 0) is 35.5 Å². The molecule has 0 aromatic carbocycles. The number of fused-ring (bicyclic) bond motifs is 1. The van der Waals surface area contributed by atoms with Gasteiger partial charge in [-0.3, -0.25) is 34.4 Å². The first-order valence-corrected chi connectivity index (χ1v) is 13.0. The molecule has 10 heteroatoms. The van der Waals surface area contributed by atoms with E-state index in [2.05, 4.69) is 24.6 Å². The molecule has 0 bridgehead atoms. The third kappa shape index (κ3) is 5.65. The first kappa shape index (κ1) is 27.4. The fraction of sp³-hybridized carbons (Fsp3) is 0.800. The number of hydrogen-bond acceptors (Lipinski definition) is 5. The van der Waals surface area contributed by atoms with Crippen molar-refractivity contribution in [3.8, 4) is 0 Å². The molecule has 0 radical (unpaired) electrons. The topological polar surface area (TPSA) is 116 Å². The average molecular weight is 511 g/mol. The Bertz CT molecular complexity index is 899. The number of piperidine rings is 1. The molecule has 1 saturated heterocycles. The lowest BCUT2D eigenvalue weighted by molar-refractivity contribution is -0.150. The van der Waals surface area contributed by atoms with E-state index in [4.69, 9.17) is 11.6 Å². The molecule has 3 fully saturated rings. The van der Waals surface area contributed by atoms with Gasteiger partial charge in [0.05, 0.1) is 6.54 Å². The molecule has 4 amide bonds. The molecule has 1 aliphatic heterocycles. The molecular weight excluding hydrogens is 472 g/mol. The van der Waals surface area contributed by atoms with Crippen LogP contribution >= 0.6 is 11.6 Å². The van der Waals surface area contributed by atoms with Gasteiger partial charge in [-0.1, -0.05) is 41.0 Å². The Labute approximate surface area is 212 Å². The summed E-state index contributed by atoms with van der Waals surface area (Å²) < 4.78 is 0. The third-order valence-electron chi connectivity index (χ3n) is 7.97. The summed E-state index contributed by atoms with van der Waals surface area (Å²) in [5.41, 5.74) is 2.02. The molecule has 5 atom stereocenters. The molecule has 0 unspecified atom stereocenters. The van der Waals surface area contributed by atoms with E-state index < -0.39 is 29.3 Å². The smallest absolute Gasteiger partial charge is 0.261 e. The zero-order chi connectivity index (χ0) is 26.3. The second-order valence-electron chi connectivity index (χ2n) is 11.9. The van der Waals surface area contributed by atoms with E-state index in [0.717, 1.165) is 17.9 Å². The van der Waals surface area contributed by atoms with Crippen molar-refractivity contribution in [3.63, 3.8) is 0 Å². The maximum absolute atomic E-state index is 13.6. The van der Waals surface area contributed by atoms with Crippen LogP contribution in [0.25, 0.3) is 0 Å². The SMILES string of the molecule is CC(=O)N[C@H](C(=O)N1C[C@H]2[C@@H]([C@H]1C(=O)NN(C[C@@H]1CCCCC1=O)C(=O)CCl)C2(C)C)C(C)(C)C. The van der Waals surface area contributed by atoms with Gasteiger partial charge in [0.1, 0.15) is 23.7 Å². The number of halogens is 1. The molecule has 0 spiro atoms. The largest absolute Gasteiger partial charge is 0.344 e. The first-order chi connectivity index (χ1) is 16.2. The van der Waals surface area contributed by atoms with Crippen LogP contribution in [-0.2, 0) is 24.0 Å². The summed E-state index contributed by atoms with van der Waals surface area (Å²) in [6, 6.07) is -1.58. The second-order valence-corrected chi connectivity index (χ2v) is 12.2. The summed E-state index contributed by atoms with van der Waals surface area (Å²) in [4.78, 5) is 65.6. The Balaban J connectivity index is 1.83. The second kappa shape index (κ2) is 10.1. The average Bonchev–Trinajstić information content (AvgIpc) is 3.10. The minimum Gasteiger partial charge on any atom is -0.344 e. The Kier molecular flexibility index (Phi) is 7.89. The molecule has 2 aliphatic carbocycles. The molecule has 3 rings (SSSR count). The molecule has 196 valence electrons. The molecular formula is C25H39ClN4O5. The van der Waals surface area contributed by atoms with Crippen molar-refractivity contribution in [1.82, 2.24) is 20.7 Å². The van der Waals surface area contributed by atoms with E-state index in [1.165, 1.54) is 6.92 Å². The van der Waals surface area contributed by atoms with E-state index >= 15 is 0 Å². The highest BCUT2D eigenvalue weighted by molar-refractivity contribution is 6.27. The van der Waals surface area contributed by atoms with Gasteiger partial charge >= 0.3 is 0 Å². The highest BCUT2D eigenvalue weighted by Gasteiger charge is 2.70. The van der Waals surface area contributed by atoms with Crippen molar-refractivity contribution in [2.45, 2.75) is 79.3 Å². The number of hydrazine groups is 1. The van der Waals surface area contributed by atoms with Crippen molar-refractivity contribution >= 4 is 41.0 Å². The zero-order valence-electron chi connectivity index (χ0n) is 21.7. The van der Waals surface area contributed by atoms with Gasteiger partial charge in [-0.25, -0.2) is 0 Å². The van der Waals surface area contributed by atoms with Gasteiger partial charge in [0.15, 0.2) is 0 Å². The van der Waals surface area contributed by atoms with Crippen molar-refractivity contribution < 1.29 is 24.0 Å². The molecule has 0 aromatic rings. The van der Waals surface area contributed by atoms with Crippen LogP contribution in [0.2, 0.25) is 0 Å². The highest BCUT2D eigenvalue weighted by Crippen LogP contribution is 2.65. The number of amides is 4. The van der Waals surface area contributed by atoms with E-state index in [1.807, 2.05) is 20.8 Å². The molecule has 35 heavy (non-hydrogen) atoms. The third-order valence-corrected chi connectivity index (χ3v) is 8.19. The van der Waals surface area contributed by atoms with Crippen LogP contribution in [0.1, 0.15) is 67.2 Å². The summed E-state index contributed by atoms with van der Waals surface area (Å²) in [6.07, 6.45) is 2.87. The normalized spacial score (nSPS) is 28.1. The summed E-state index contributed by atoms with van der Waals surface area (Å²) in [7, 11) is 0. The number of rotatable bonds is 6. The number of ketones is 1. The number of alkyl halides is 1. The lowest BCUT2D eigenvalue weighted by atomic mass is 9.85. The van der Waals surface area contributed by atoms with Crippen molar-refractivity contribution in [2.24, 2.45) is 28.6 Å². The lowest BCUT2D eigenvalue weighted by Gasteiger charge is -2.38. The maximum atomic E-state index is 13.6. The van der Waals surface area contributed by atoms with E-state index in [1.54, 1.807) is 4.90 Å². The number of nitrogens with one attached hydrogen (secondary N) is 2. The fourth-order valence-corrected chi connectivity index (χ4v) is 5.92. The summed E-state index contributed by atoms with van der Waals surface area (Å²) in [6.45, 7) is 11.6. The van der Waals surface area contributed by atoms with Gasteiger partial charge in [0.2, 0.25) is 11.8 Å². The quantitative estimate of drug-likeness (QED) is 0.418. The molecule has 9 nitrogen and oxygen atoms in total. The minimum atomic E-state index is -0.795. The number of likely N-dealkylation sites (tertiary alicyclic amines) is 1. The van der Waals surface area contributed by atoms with Gasteiger partial charge in [0.25, 0.3) is 11.8 Å². The number of carbonyl (C=O) groups excluding carboxylic acids is 5. The van der Waals surface area contributed by atoms with Crippen molar-refractivity contribution in [2.75, 3.05) is 19.0 Å². The van der Waals surface area contributed by atoms with Gasteiger partial charge in [-0.15, -0.1) is 11.6 Å². The predicted octanol–water partition coefficient (Wildman–Crippen LogP) is 1.88. The minimum absolute atomic E-state index is 0.0614. The maximum Gasteiger partial charge on any atom is 0.261 e. The van der Waals surface area contributed by atoms with Crippen LogP contribution in [0.4, 0.5) is 0 Å². The van der Waals surface area contributed by atoms with Crippen LogP contribution in [0.15, 0.2) is 0 Å². The number of carbonyl (C=O) groups is 5. The molecule has 1 heterocycles. The lowest BCUT2D eigenvalue weighted by Crippen LogP contribution is -2.61. The Morgan fingerprint density at radius 3 is 2.40 bits per heavy atom. The van der Waals surface area contributed by atoms with Gasteiger partial charge in [0, 0.05) is 25.8 Å². The molecule has 2 N–H and O–H groups in total. The Morgan fingerprint density at radius 2 is 1.86 bits per heavy atom. The summed E-state index contributed by atoms with van der Waals surface area (Å²) >= 11 is 5.81. The van der Waals surface area contributed by atoms with Crippen molar-refractivity contribution in [3.05, 3.63) is 0 Å². The molecule has 3 aliphatic rings. The predicted molar refractivity (Wildman–Crippen MR) is 131 cm³/mol. The standard InChI is InChI=1S/C25H39ClN4O5/c1-14(31)27-21(24(2,3)4)23(35)29-13-16-19(25(16,5)6)20(29)22(34)28-30(18(33)11-26)12-15-9-7-8-10-17(15)32/h15-16,19-21H,7-13H2,1-6H3,(H,27,31)(H,28,34)/t15-,16-,19-,20-,21+/m0/s1. The Hall–Kier alpha value is -2.16. The van der Waals surface area contributed by atoms with E-state index in [0.29, 0.717) is 19.4 Å². The number of hydrogen-bond donors (Lipinski definition) is 2. The van der Waals surface area contributed by atoms with Crippen LogP contribution in [0.3, 0.4) is 0 Å². The van der Waals surface area contributed by atoms with Gasteiger partial charge < -0.3 is 10.2 Å². The zero-order valence-corrected chi connectivity index (χ0v) is 22.4. The van der Waals surface area contributed by atoms with Crippen molar-refractivity contribution in [1.29, 1.82) is 0 Å². The number of Topliss-reactive ketones (excluding diaryl/α,β-unsaturated/α-hetero) is 1. The fourth-order valence-electron chi connectivity index (χ4n) is 5.78. The molecule has 2 saturated carbocycles. The van der Waals surface area contributed by atoms with E-state index in [-0.39, 0.29) is 53.2 Å². The summed E-state index contributed by atoms with van der Waals surface area (Å²) in [5.74, 6) is -2.09. The monoisotopic (exact) mass is 510 g/mol. The highest BCUT2D eigenvalue weighted by atomic mass is 35.5. The number of nitrogens with zero attached hydrogens (tertiary/aromatic N) is 2. The molecule has 0 aromatic heterocycles. The van der Waals surface area contributed by atoms with E-state index in [9.17, 15) is 24.0 Å². The first-order valence-electron chi connectivity index (χ1n) is 12.5. The summed E-state index contributed by atoms with van der Waals surface area (Å²) in [5, 5.41) is 3.91. The van der Waals surface area contributed by atoms with Crippen LogP contribution < -0.4 is 10.7 Å². The van der Waals surface area contributed by atoms with Crippen LogP contribution in [-0.4, -0.2) is 70.4 Å². The van der Waals surface area contributed by atoms with Crippen LogP contribution in [0, 0.1) is 28.6 Å². The van der Waals surface area contributed by atoms with Gasteiger partial charge in [-0.2, -0.15) is 0 Å². The van der Waals surface area contributed by atoms with Crippen LogP contribution in [0.5, 0.6) is 0 Å². The Morgan fingerprint density at radius 1 is 1.20 bits per heavy atom.